The molecule has 0 radical (unpaired) electrons. The van der Waals surface area contributed by atoms with Gasteiger partial charge in [-0.1, -0.05) is 23.7 Å². The van der Waals surface area contributed by atoms with Crippen molar-refractivity contribution in [3.63, 3.8) is 0 Å². The molecule has 1 amide bonds. The van der Waals surface area contributed by atoms with Gasteiger partial charge in [-0.2, -0.15) is 5.10 Å². The van der Waals surface area contributed by atoms with Crippen LogP contribution in [0.1, 0.15) is 0 Å². The Morgan fingerprint density at radius 3 is 2.83 bits per heavy atom. The normalized spacial score (nSPS) is 10.7. The average Bonchev–Trinajstić information content (AvgIpc) is 2.53. The summed E-state index contributed by atoms with van der Waals surface area (Å²) in [5.41, 5.74) is 0.345. The van der Waals surface area contributed by atoms with Gasteiger partial charge in [0.1, 0.15) is 12.4 Å². The molecule has 5 nitrogen and oxygen atoms in total. The highest BCUT2D eigenvalue weighted by molar-refractivity contribution is 6.30. The number of benzene rings is 2. The van der Waals surface area contributed by atoms with E-state index < -0.39 is 11.7 Å². The molecule has 3 aromatic rings. The van der Waals surface area contributed by atoms with Crippen LogP contribution >= 0.6 is 11.6 Å². The Hall–Kier alpha value is -2.73. The lowest BCUT2D eigenvalue weighted by atomic mass is 10.2. The van der Waals surface area contributed by atoms with Crippen molar-refractivity contribution in [2.24, 2.45) is 0 Å². The average molecular weight is 332 g/mol. The lowest BCUT2D eigenvalue weighted by molar-refractivity contribution is -0.116. The van der Waals surface area contributed by atoms with E-state index in [1.807, 2.05) is 0 Å². The standard InChI is InChI=1S/C16H11ClFN3O2/c17-10-5-6-13(12(18)7-10)20-16(23)9-21-14-4-2-1-3-11(14)15(22)8-19-21/h1-8H,9H2,(H,20,23). The molecular weight excluding hydrogens is 321 g/mol. The number of nitrogens with zero attached hydrogens (tertiary/aromatic N) is 2. The van der Waals surface area contributed by atoms with Crippen LogP contribution in [0.15, 0.2) is 53.5 Å². The van der Waals surface area contributed by atoms with E-state index in [1.54, 1.807) is 24.3 Å². The summed E-state index contributed by atoms with van der Waals surface area (Å²) in [6.07, 6.45) is 1.15. The van der Waals surface area contributed by atoms with Crippen LogP contribution in [0.2, 0.25) is 5.02 Å². The van der Waals surface area contributed by atoms with Gasteiger partial charge in [-0.25, -0.2) is 4.39 Å². The van der Waals surface area contributed by atoms with E-state index in [9.17, 15) is 14.0 Å². The van der Waals surface area contributed by atoms with E-state index in [4.69, 9.17) is 11.6 Å². The molecule has 1 heterocycles. The van der Waals surface area contributed by atoms with Crippen LogP contribution in [0.5, 0.6) is 0 Å². The quantitative estimate of drug-likeness (QED) is 0.802. The van der Waals surface area contributed by atoms with Crippen molar-refractivity contribution in [1.82, 2.24) is 9.78 Å². The van der Waals surface area contributed by atoms with Crippen LogP contribution in [0.25, 0.3) is 10.9 Å². The van der Waals surface area contributed by atoms with Crippen LogP contribution in [-0.4, -0.2) is 15.7 Å². The molecule has 0 saturated carbocycles. The van der Waals surface area contributed by atoms with Crippen LogP contribution in [-0.2, 0) is 11.3 Å². The van der Waals surface area contributed by atoms with Crippen molar-refractivity contribution < 1.29 is 9.18 Å². The van der Waals surface area contributed by atoms with Gasteiger partial charge >= 0.3 is 0 Å². The second kappa shape index (κ2) is 6.18. The van der Waals surface area contributed by atoms with E-state index in [-0.39, 0.29) is 22.7 Å². The topological polar surface area (TPSA) is 64.0 Å². The van der Waals surface area contributed by atoms with Crippen LogP contribution < -0.4 is 10.7 Å². The van der Waals surface area contributed by atoms with Gasteiger partial charge in [-0.3, -0.25) is 14.3 Å². The fraction of sp³-hybridized carbons (Fsp3) is 0.0625. The number of amides is 1. The Bertz CT molecular complexity index is 955. The number of fused-ring (bicyclic) bond motifs is 1. The predicted octanol–water partition coefficient (Wildman–Crippen LogP) is 2.83. The molecule has 0 saturated heterocycles. The lowest BCUT2D eigenvalue weighted by Crippen LogP contribution is -2.22. The molecule has 0 fully saturated rings. The number of carbonyl (C=O) groups excluding carboxylic acids is 1. The highest BCUT2D eigenvalue weighted by Crippen LogP contribution is 2.19. The molecule has 0 spiro atoms. The second-order valence-corrected chi connectivity index (χ2v) is 5.29. The molecule has 0 aliphatic rings. The zero-order chi connectivity index (χ0) is 16.4. The van der Waals surface area contributed by atoms with Gasteiger partial charge in [0, 0.05) is 10.4 Å². The number of para-hydroxylation sites is 1. The smallest absolute Gasteiger partial charge is 0.246 e. The summed E-state index contributed by atoms with van der Waals surface area (Å²) in [6.45, 7) is -0.150. The number of nitrogens with one attached hydrogen (secondary N) is 1. The minimum atomic E-state index is -0.622. The summed E-state index contributed by atoms with van der Waals surface area (Å²) >= 11 is 5.67. The van der Waals surface area contributed by atoms with Gasteiger partial charge in [-0.15, -0.1) is 0 Å². The van der Waals surface area contributed by atoms with Crippen LogP contribution in [0.4, 0.5) is 10.1 Å². The minimum Gasteiger partial charge on any atom is -0.322 e. The number of carbonyl (C=O) groups is 1. The fourth-order valence-electron chi connectivity index (χ4n) is 2.20. The zero-order valence-corrected chi connectivity index (χ0v) is 12.5. The summed E-state index contributed by atoms with van der Waals surface area (Å²) in [4.78, 5) is 23.8. The van der Waals surface area contributed by atoms with Crippen LogP contribution in [0.3, 0.4) is 0 Å². The Morgan fingerprint density at radius 1 is 1.26 bits per heavy atom. The van der Waals surface area contributed by atoms with Crippen molar-refractivity contribution in [1.29, 1.82) is 0 Å². The first-order valence-electron chi connectivity index (χ1n) is 6.74. The summed E-state index contributed by atoms with van der Waals surface area (Å²) in [6, 6.07) is 10.8. The molecule has 23 heavy (non-hydrogen) atoms. The summed E-state index contributed by atoms with van der Waals surface area (Å²) in [7, 11) is 0. The summed E-state index contributed by atoms with van der Waals surface area (Å²) in [5, 5.41) is 7.12. The molecule has 3 rings (SSSR count). The third-order valence-electron chi connectivity index (χ3n) is 3.26. The first-order chi connectivity index (χ1) is 11.0. The van der Waals surface area contributed by atoms with Gasteiger partial charge in [0.15, 0.2) is 0 Å². The molecule has 0 aliphatic carbocycles. The van der Waals surface area contributed by atoms with Crippen molar-refractivity contribution in [3.8, 4) is 0 Å². The number of anilines is 1. The third-order valence-corrected chi connectivity index (χ3v) is 3.50. The van der Waals surface area contributed by atoms with E-state index in [2.05, 4.69) is 10.4 Å². The molecule has 1 aromatic heterocycles. The maximum absolute atomic E-state index is 13.7. The lowest BCUT2D eigenvalue weighted by Gasteiger charge is -2.10. The molecule has 0 bridgehead atoms. The number of rotatable bonds is 3. The summed E-state index contributed by atoms with van der Waals surface area (Å²) < 4.78 is 15.1. The van der Waals surface area contributed by atoms with Gasteiger partial charge in [-0.05, 0) is 30.3 Å². The number of aromatic nitrogens is 2. The Balaban J connectivity index is 1.86. The van der Waals surface area contributed by atoms with E-state index in [0.29, 0.717) is 10.9 Å². The summed E-state index contributed by atoms with van der Waals surface area (Å²) in [5.74, 6) is -1.09. The SMILES string of the molecule is O=C(Cn1ncc(=O)c2ccccc21)Nc1ccc(Cl)cc1F. The largest absolute Gasteiger partial charge is 0.322 e. The zero-order valence-electron chi connectivity index (χ0n) is 11.8. The van der Waals surface area contributed by atoms with Crippen molar-refractivity contribution in [2.75, 3.05) is 5.32 Å². The van der Waals surface area contributed by atoms with Gasteiger partial charge in [0.2, 0.25) is 11.3 Å². The maximum atomic E-state index is 13.7. The van der Waals surface area contributed by atoms with Gasteiger partial charge in [0.25, 0.3) is 0 Å². The highest BCUT2D eigenvalue weighted by atomic mass is 35.5. The first kappa shape index (κ1) is 15.2. The molecule has 2 aromatic carbocycles. The predicted molar refractivity (Wildman–Crippen MR) is 86.0 cm³/mol. The monoisotopic (exact) mass is 331 g/mol. The van der Waals surface area contributed by atoms with E-state index in [1.165, 1.54) is 16.8 Å². The molecule has 1 N–H and O–H groups in total. The molecule has 0 aliphatic heterocycles. The van der Waals surface area contributed by atoms with Crippen molar-refractivity contribution in [3.05, 3.63) is 69.7 Å². The van der Waals surface area contributed by atoms with E-state index in [0.717, 1.165) is 12.3 Å². The Labute approximate surface area is 135 Å². The van der Waals surface area contributed by atoms with Gasteiger partial charge < -0.3 is 5.32 Å². The van der Waals surface area contributed by atoms with Crippen LogP contribution in [0, 0.1) is 5.82 Å². The molecule has 116 valence electrons. The Morgan fingerprint density at radius 2 is 2.04 bits per heavy atom. The van der Waals surface area contributed by atoms with Crippen molar-refractivity contribution in [2.45, 2.75) is 6.54 Å². The van der Waals surface area contributed by atoms with Gasteiger partial charge in [0.05, 0.1) is 17.4 Å². The molecule has 7 heteroatoms. The minimum absolute atomic E-state index is 0.0322. The van der Waals surface area contributed by atoms with E-state index >= 15 is 0 Å². The molecular formula is C16H11ClFN3O2. The molecule has 0 atom stereocenters. The molecule has 0 unspecified atom stereocenters. The Kier molecular flexibility index (Phi) is 4.08. The number of hydrogen-bond acceptors (Lipinski definition) is 3. The number of halogens is 2. The first-order valence-corrected chi connectivity index (χ1v) is 7.12. The van der Waals surface area contributed by atoms with Crippen molar-refractivity contribution >= 4 is 34.1 Å². The fourth-order valence-corrected chi connectivity index (χ4v) is 2.36. The highest BCUT2D eigenvalue weighted by Gasteiger charge is 2.10. The second-order valence-electron chi connectivity index (χ2n) is 4.86. The maximum Gasteiger partial charge on any atom is 0.246 e. The third kappa shape index (κ3) is 3.22. The number of hydrogen-bond donors (Lipinski definition) is 1.